The number of carbonyl (C=O) groups is 2. The molecular weight excluding hydrogens is 356 g/mol. The van der Waals surface area contributed by atoms with Crippen LogP contribution in [-0.2, 0) is 9.59 Å². The van der Waals surface area contributed by atoms with Crippen molar-refractivity contribution in [3.8, 4) is 0 Å². The number of amidine groups is 1. The molecule has 1 unspecified atom stereocenters. The molecule has 0 spiro atoms. The predicted molar refractivity (Wildman–Crippen MR) is 108 cm³/mol. The summed E-state index contributed by atoms with van der Waals surface area (Å²) in [7, 11) is 0. The van der Waals surface area contributed by atoms with E-state index in [0.29, 0.717) is 11.5 Å². The van der Waals surface area contributed by atoms with E-state index in [4.69, 9.17) is 0 Å². The summed E-state index contributed by atoms with van der Waals surface area (Å²) in [6.45, 7) is 0. The number of para-hydroxylation sites is 1. The standard InChI is InChI=1S/C22H16N2O2S/c25-21-19(27-18-14-8-3-9-15-18)22(26)24(17-12-6-2-7-13-17)20(23-21)16-10-4-1-5-11-16/h1-15,19H. The van der Waals surface area contributed by atoms with Crippen molar-refractivity contribution in [3.63, 3.8) is 0 Å². The molecule has 0 bridgehead atoms. The van der Waals surface area contributed by atoms with Crippen molar-refractivity contribution in [2.45, 2.75) is 10.1 Å². The Morgan fingerprint density at radius 1 is 0.741 bits per heavy atom. The second kappa shape index (κ2) is 7.60. The molecule has 0 saturated heterocycles. The quantitative estimate of drug-likeness (QED) is 0.646. The number of carbonyl (C=O) groups excluding carboxylic acids is 2. The average molecular weight is 372 g/mol. The van der Waals surface area contributed by atoms with Gasteiger partial charge in [0.2, 0.25) is 0 Å². The van der Waals surface area contributed by atoms with Gasteiger partial charge >= 0.3 is 0 Å². The fourth-order valence-electron chi connectivity index (χ4n) is 2.88. The Labute approximate surface area is 161 Å². The normalized spacial score (nSPS) is 17.0. The maximum atomic E-state index is 13.3. The summed E-state index contributed by atoms with van der Waals surface area (Å²) in [4.78, 5) is 32.7. The van der Waals surface area contributed by atoms with Crippen molar-refractivity contribution in [2.24, 2.45) is 4.99 Å². The largest absolute Gasteiger partial charge is 0.272 e. The van der Waals surface area contributed by atoms with Gasteiger partial charge in [0.05, 0.1) is 5.69 Å². The third-order valence-corrected chi connectivity index (χ3v) is 5.32. The van der Waals surface area contributed by atoms with E-state index >= 15 is 0 Å². The molecule has 1 aliphatic rings. The molecule has 2 amide bonds. The SMILES string of the molecule is O=C1N=C(c2ccccc2)N(c2ccccc2)C(=O)C1Sc1ccccc1. The van der Waals surface area contributed by atoms with Crippen molar-refractivity contribution in [2.75, 3.05) is 4.90 Å². The Morgan fingerprint density at radius 3 is 1.93 bits per heavy atom. The van der Waals surface area contributed by atoms with Crippen LogP contribution < -0.4 is 4.90 Å². The lowest BCUT2D eigenvalue weighted by molar-refractivity contribution is -0.125. The van der Waals surface area contributed by atoms with Gasteiger partial charge in [-0.25, -0.2) is 0 Å². The summed E-state index contributed by atoms with van der Waals surface area (Å²) >= 11 is 1.23. The van der Waals surface area contributed by atoms with E-state index in [-0.39, 0.29) is 5.91 Å². The number of benzene rings is 3. The van der Waals surface area contributed by atoms with Crippen LogP contribution in [0.4, 0.5) is 5.69 Å². The second-order valence-electron chi connectivity index (χ2n) is 5.96. The highest BCUT2D eigenvalue weighted by atomic mass is 32.2. The van der Waals surface area contributed by atoms with Crippen LogP contribution in [0.1, 0.15) is 5.56 Å². The third kappa shape index (κ3) is 3.55. The summed E-state index contributed by atoms with van der Waals surface area (Å²) in [6.07, 6.45) is 0. The van der Waals surface area contributed by atoms with Crippen LogP contribution >= 0.6 is 11.8 Å². The van der Waals surface area contributed by atoms with Gasteiger partial charge in [-0.3, -0.25) is 14.5 Å². The van der Waals surface area contributed by atoms with Crippen LogP contribution in [0.3, 0.4) is 0 Å². The fourth-order valence-corrected chi connectivity index (χ4v) is 3.83. The molecule has 1 heterocycles. The number of rotatable bonds is 4. The monoisotopic (exact) mass is 372 g/mol. The third-order valence-electron chi connectivity index (χ3n) is 4.14. The number of hydrogen-bond acceptors (Lipinski definition) is 3. The molecule has 1 atom stereocenters. The van der Waals surface area contributed by atoms with Crippen molar-refractivity contribution < 1.29 is 9.59 Å². The first-order chi connectivity index (χ1) is 13.2. The molecule has 0 radical (unpaired) electrons. The Bertz CT molecular complexity index is 989. The van der Waals surface area contributed by atoms with E-state index in [2.05, 4.69) is 4.99 Å². The molecule has 0 fully saturated rings. The van der Waals surface area contributed by atoms with Crippen LogP contribution in [0.15, 0.2) is 101 Å². The van der Waals surface area contributed by atoms with Gasteiger partial charge < -0.3 is 0 Å². The number of aliphatic imine (C=N–C) groups is 1. The van der Waals surface area contributed by atoms with Gasteiger partial charge in [0, 0.05) is 10.5 Å². The lowest BCUT2D eigenvalue weighted by Crippen LogP contribution is -2.49. The van der Waals surface area contributed by atoms with Gasteiger partial charge in [-0.15, -0.1) is 11.8 Å². The zero-order valence-corrected chi connectivity index (χ0v) is 15.2. The molecule has 0 N–H and O–H groups in total. The highest BCUT2D eigenvalue weighted by Gasteiger charge is 2.39. The molecule has 3 aromatic carbocycles. The zero-order chi connectivity index (χ0) is 18.6. The molecule has 27 heavy (non-hydrogen) atoms. The maximum Gasteiger partial charge on any atom is 0.270 e. The molecule has 0 saturated carbocycles. The smallest absolute Gasteiger partial charge is 0.270 e. The minimum Gasteiger partial charge on any atom is -0.272 e. The van der Waals surface area contributed by atoms with Crippen molar-refractivity contribution in [1.82, 2.24) is 0 Å². The molecule has 0 aromatic heterocycles. The topological polar surface area (TPSA) is 49.7 Å². The van der Waals surface area contributed by atoms with Crippen LogP contribution in [0.25, 0.3) is 0 Å². The van der Waals surface area contributed by atoms with E-state index in [1.165, 1.54) is 16.7 Å². The van der Waals surface area contributed by atoms with Crippen molar-refractivity contribution >= 4 is 35.1 Å². The first-order valence-corrected chi connectivity index (χ1v) is 9.41. The summed E-state index contributed by atoms with van der Waals surface area (Å²) in [5, 5.41) is -0.903. The molecule has 132 valence electrons. The number of hydrogen-bond donors (Lipinski definition) is 0. The molecular formula is C22H16N2O2S. The molecule has 1 aliphatic heterocycles. The predicted octanol–water partition coefficient (Wildman–Crippen LogP) is 4.17. The Hall–Kier alpha value is -3.18. The minimum absolute atomic E-state index is 0.283. The molecule has 4 nitrogen and oxygen atoms in total. The summed E-state index contributed by atoms with van der Waals surface area (Å²) in [6, 6.07) is 28.0. The van der Waals surface area contributed by atoms with Gasteiger partial charge in [0.25, 0.3) is 11.8 Å². The molecule has 5 heteroatoms. The van der Waals surface area contributed by atoms with Gasteiger partial charge in [0.15, 0.2) is 11.1 Å². The number of anilines is 1. The molecule has 4 rings (SSSR count). The lowest BCUT2D eigenvalue weighted by Gasteiger charge is -2.31. The maximum absolute atomic E-state index is 13.3. The second-order valence-corrected chi connectivity index (χ2v) is 7.14. The van der Waals surface area contributed by atoms with Gasteiger partial charge in [-0.1, -0.05) is 66.7 Å². The lowest BCUT2D eigenvalue weighted by atomic mass is 10.1. The first-order valence-electron chi connectivity index (χ1n) is 8.53. The summed E-state index contributed by atoms with van der Waals surface area (Å²) in [5.41, 5.74) is 1.42. The van der Waals surface area contributed by atoms with E-state index in [9.17, 15) is 9.59 Å². The van der Waals surface area contributed by atoms with Gasteiger partial charge in [-0.05, 0) is 24.3 Å². The van der Waals surface area contributed by atoms with Crippen molar-refractivity contribution in [1.29, 1.82) is 0 Å². The first kappa shape index (κ1) is 17.2. The van der Waals surface area contributed by atoms with Gasteiger partial charge in [-0.2, -0.15) is 4.99 Å². The molecule has 0 aliphatic carbocycles. The van der Waals surface area contributed by atoms with Gasteiger partial charge in [0.1, 0.15) is 0 Å². The minimum atomic E-state index is -0.903. The highest BCUT2D eigenvalue weighted by molar-refractivity contribution is 8.01. The summed E-state index contributed by atoms with van der Waals surface area (Å²) in [5.74, 6) is -0.351. The van der Waals surface area contributed by atoms with E-state index < -0.39 is 11.2 Å². The number of nitrogens with zero attached hydrogens (tertiary/aromatic N) is 2. The molecule has 3 aromatic rings. The summed E-state index contributed by atoms with van der Waals surface area (Å²) < 4.78 is 0. The number of amides is 2. The van der Waals surface area contributed by atoms with Crippen molar-refractivity contribution in [3.05, 3.63) is 96.6 Å². The number of thioether (sulfide) groups is 1. The van der Waals surface area contributed by atoms with E-state index in [1.807, 2.05) is 91.0 Å². The van der Waals surface area contributed by atoms with E-state index in [1.54, 1.807) is 0 Å². The highest BCUT2D eigenvalue weighted by Crippen LogP contribution is 2.31. The van der Waals surface area contributed by atoms with Crippen LogP contribution in [0.5, 0.6) is 0 Å². The van der Waals surface area contributed by atoms with E-state index in [0.717, 1.165) is 10.5 Å². The zero-order valence-electron chi connectivity index (χ0n) is 14.4. The van der Waals surface area contributed by atoms with Crippen LogP contribution in [0.2, 0.25) is 0 Å². The van der Waals surface area contributed by atoms with Crippen LogP contribution in [-0.4, -0.2) is 22.9 Å². The van der Waals surface area contributed by atoms with Crippen LogP contribution in [0, 0.1) is 0 Å². The fraction of sp³-hybridized carbons (Fsp3) is 0.0455. The Balaban J connectivity index is 1.78. The Kier molecular flexibility index (Phi) is 4.85. The Morgan fingerprint density at radius 2 is 1.30 bits per heavy atom. The average Bonchev–Trinajstić information content (AvgIpc) is 2.73.